The highest BCUT2D eigenvalue weighted by atomic mass is 16.4. The monoisotopic (exact) mass is 128 g/mol. The van der Waals surface area contributed by atoms with Gasteiger partial charge in [0.2, 0.25) is 0 Å². The molecule has 0 radical (unpaired) electrons. The molecule has 0 aromatic carbocycles. The van der Waals surface area contributed by atoms with E-state index in [1.165, 1.54) is 0 Å². The molecular weight excluding hydrogens is 124 g/mol. The van der Waals surface area contributed by atoms with Gasteiger partial charge in [0.25, 0.3) is 0 Å². The van der Waals surface area contributed by atoms with Crippen LogP contribution in [0.5, 0.6) is 0 Å². The molecule has 0 saturated carbocycles. The van der Waals surface area contributed by atoms with E-state index < -0.39 is 11.9 Å². The Labute approximate surface area is 50.7 Å². The molecule has 0 aromatic rings. The summed E-state index contributed by atoms with van der Waals surface area (Å²) in [6.07, 6.45) is 1.24. The number of aliphatic carboxylic acids is 2. The largest absolute Gasteiger partial charge is 0.478 e. The van der Waals surface area contributed by atoms with Gasteiger partial charge in [0, 0.05) is 0 Å². The fourth-order valence-corrected chi connectivity index (χ4v) is 0.184. The first-order valence-corrected chi connectivity index (χ1v) is 2.01. The van der Waals surface area contributed by atoms with Gasteiger partial charge in [-0.05, 0) is 0 Å². The summed E-state index contributed by atoms with van der Waals surface area (Å²) >= 11 is 0. The lowest BCUT2D eigenvalue weighted by atomic mass is 10.5. The number of carboxylic acids is 2. The highest BCUT2D eigenvalue weighted by Gasteiger charge is 1.83. The number of rotatable bonds is 2. The Morgan fingerprint density at radius 3 is 1.67 bits per heavy atom. The minimum atomic E-state index is -1.22. The maximum atomic E-state index is 9.65. The second kappa shape index (κ2) is 3.46. The molecule has 4 heteroatoms. The van der Waals surface area contributed by atoms with Gasteiger partial charge in [0.1, 0.15) is 0 Å². The van der Waals surface area contributed by atoms with Crippen LogP contribution in [0.25, 0.3) is 0 Å². The predicted octanol–water partition coefficient (Wildman–Crippen LogP) is -0.133. The molecule has 0 atom stereocenters. The third kappa shape index (κ3) is 6.46. The average molecular weight is 128 g/mol. The molecule has 9 heavy (non-hydrogen) atoms. The van der Waals surface area contributed by atoms with Crippen molar-refractivity contribution in [1.82, 2.24) is 0 Å². The lowest BCUT2D eigenvalue weighted by Crippen LogP contribution is -1.86. The van der Waals surface area contributed by atoms with Gasteiger partial charge in [-0.1, -0.05) is 0 Å². The molecule has 0 unspecified atom stereocenters. The van der Waals surface area contributed by atoms with E-state index in [0.29, 0.717) is 12.2 Å². The van der Waals surface area contributed by atoms with Crippen molar-refractivity contribution >= 4 is 11.9 Å². The molecule has 0 bridgehead atoms. The molecule has 0 fully saturated rings. The van der Waals surface area contributed by atoms with Crippen LogP contribution in [-0.4, -0.2) is 22.2 Å². The Balaban J connectivity index is 3.97. The Morgan fingerprint density at radius 2 is 1.44 bits per heavy atom. The quantitative estimate of drug-likeness (QED) is 0.401. The molecule has 0 rings (SSSR count). The molecular formula is C5H4O4. The third-order valence-electron chi connectivity index (χ3n) is 0.414. The van der Waals surface area contributed by atoms with Crippen molar-refractivity contribution in [2.45, 2.75) is 0 Å². The van der Waals surface area contributed by atoms with Gasteiger partial charge in [-0.2, -0.15) is 0 Å². The van der Waals surface area contributed by atoms with Crippen molar-refractivity contribution < 1.29 is 19.8 Å². The van der Waals surface area contributed by atoms with E-state index in [1.54, 1.807) is 0 Å². The van der Waals surface area contributed by atoms with Crippen LogP contribution in [0.4, 0.5) is 0 Å². The molecule has 48 valence electrons. The van der Waals surface area contributed by atoms with Crippen LogP contribution in [0.1, 0.15) is 0 Å². The molecule has 0 heterocycles. The third-order valence-corrected chi connectivity index (χ3v) is 0.414. The maximum absolute atomic E-state index is 9.65. The smallest absolute Gasteiger partial charge is 0.336 e. The van der Waals surface area contributed by atoms with Crippen molar-refractivity contribution in [2.75, 3.05) is 0 Å². The summed E-state index contributed by atoms with van der Waals surface area (Å²) in [6.45, 7) is 0. The van der Waals surface area contributed by atoms with Crippen LogP contribution in [0.2, 0.25) is 0 Å². The second-order valence-electron chi connectivity index (χ2n) is 1.13. The Kier molecular flexibility index (Phi) is 2.87. The first-order valence-electron chi connectivity index (χ1n) is 2.01. The van der Waals surface area contributed by atoms with Gasteiger partial charge >= 0.3 is 11.9 Å². The molecule has 0 aliphatic heterocycles. The van der Waals surface area contributed by atoms with Gasteiger partial charge in [-0.15, -0.1) is 5.73 Å². The van der Waals surface area contributed by atoms with E-state index in [2.05, 4.69) is 0 Å². The summed E-state index contributed by atoms with van der Waals surface area (Å²) < 4.78 is 0. The van der Waals surface area contributed by atoms with Gasteiger partial charge in [0.05, 0.1) is 12.2 Å². The minimum absolute atomic E-state index is 0.619. The molecule has 0 saturated heterocycles. The van der Waals surface area contributed by atoms with Crippen LogP contribution in [0.15, 0.2) is 17.9 Å². The first kappa shape index (κ1) is 7.46. The van der Waals surface area contributed by atoms with Gasteiger partial charge in [-0.25, -0.2) is 9.59 Å². The van der Waals surface area contributed by atoms with E-state index in [4.69, 9.17) is 10.2 Å². The van der Waals surface area contributed by atoms with Gasteiger partial charge in [-0.3, -0.25) is 0 Å². The summed E-state index contributed by atoms with van der Waals surface area (Å²) in [5.74, 6) is -2.43. The van der Waals surface area contributed by atoms with Crippen molar-refractivity contribution in [1.29, 1.82) is 0 Å². The van der Waals surface area contributed by atoms with Crippen LogP contribution in [0.3, 0.4) is 0 Å². The van der Waals surface area contributed by atoms with Crippen LogP contribution >= 0.6 is 0 Å². The summed E-state index contributed by atoms with van der Waals surface area (Å²) in [5.41, 5.74) is 1.94. The van der Waals surface area contributed by atoms with E-state index >= 15 is 0 Å². The fraction of sp³-hybridized carbons (Fsp3) is 0. The van der Waals surface area contributed by atoms with Crippen molar-refractivity contribution in [3.05, 3.63) is 17.9 Å². The Morgan fingerprint density at radius 1 is 1.11 bits per heavy atom. The lowest BCUT2D eigenvalue weighted by Gasteiger charge is -1.70. The summed E-state index contributed by atoms with van der Waals surface area (Å²) in [5, 5.41) is 15.8. The summed E-state index contributed by atoms with van der Waals surface area (Å²) in [6, 6.07) is 0. The zero-order valence-electron chi connectivity index (χ0n) is 4.37. The number of hydrogen-bond donors (Lipinski definition) is 2. The number of carboxylic acid groups (broad SMARTS) is 2. The van der Waals surface area contributed by atoms with E-state index in [-0.39, 0.29) is 0 Å². The number of hydrogen-bond acceptors (Lipinski definition) is 2. The fourth-order valence-electron chi connectivity index (χ4n) is 0.184. The summed E-state index contributed by atoms with van der Waals surface area (Å²) in [4.78, 5) is 19.3. The minimum Gasteiger partial charge on any atom is -0.478 e. The van der Waals surface area contributed by atoms with Crippen LogP contribution in [0, 0.1) is 0 Å². The van der Waals surface area contributed by atoms with E-state index in [0.717, 1.165) is 0 Å². The highest BCUT2D eigenvalue weighted by Crippen LogP contribution is 1.68. The van der Waals surface area contributed by atoms with E-state index in [9.17, 15) is 9.59 Å². The topological polar surface area (TPSA) is 74.6 Å². The summed E-state index contributed by atoms with van der Waals surface area (Å²) in [7, 11) is 0. The molecule has 0 aliphatic carbocycles. The van der Waals surface area contributed by atoms with Crippen LogP contribution < -0.4 is 0 Å². The zero-order valence-corrected chi connectivity index (χ0v) is 4.37. The lowest BCUT2D eigenvalue weighted by molar-refractivity contribution is -0.132. The zero-order chi connectivity index (χ0) is 7.28. The Hall–Kier alpha value is -1.54. The SMILES string of the molecule is O=C(O)C=C=CC(=O)O. The molecule has 0 aromatic heterocycles. The molecule has 0 spiro atoms. The molecule has 2 N–H and O–H groups in total. The van der Waals surface area contributed by atoms with E-state index in [1.807, 2.05) is 5.73 Å². The number of carbonyl (C=O) groups is 2. The normalized spacial score (nSPS) is 7.11. The first-order chi connectivity index (χ1) is 4.13. The highest BCUT2D eigenvalue weighted by molar-refractivity contribution is 5.83. The molecule has 4 nitrogen and oxygen atoms in total. The predicted molar refractivity (Wildman–Crippen MR) is 27.9 cm³/mol. The average Bonchev–Trinajstić information content (AvgIpc) is 1.63. The van der Waals surface area contributed by atoms with Crippen molar-refractivity contribution in [3.63, 3.8) is 0 Å². The van der Waals surface area contributed by atoms with Crippen molar-refractivity contribution in [2.24, 2.45) is 0 Å². The van der Waals surface area contributed by atoms with Crippen LogP contribution in [-0.2, 0) is 9.59 Å². The van der Waals surface area contributed by atoms with Gasteiger partial charge in [0.15, 0.2) is 0 Å². The molecule has 0 amide bonds. The second-order valence-corrected chi connectivity index (χ2v) is 1.13. The van der Waals surface area contributed by atoms with Gasteiger partial charge < -0.3 is 10.2 Å². The molecule has 0 aliphatic rings. The standard InChI is InChI=1S/C5H4O4/c6-4(7)2-1-3-5(8)9/h2-3H,(H,6,7)(H,8,9). The maximum Gasteiger partial charge on any atom is 0.336 e. The Bertz CT molecular complexity index is 167. The van der Waals surface area contributed by atoms with Crippen molar-refractivity contribution in [3.8, 4) is 0 Å².